The van der Waals surface area contributed by atoms with Gasteiger partial charge in [0.1, 0.15) is 0 Å². The maximum atomic E-state index is 12.0. The highest BCUT2D eigenvalue weighted by atomic mass is 32.1. The van der Waals surface area contributed by atoms with Crippen LogP contribution < -0.4 is 0 Å². The third kappa shape index (κ3) is 3.82. The van der Waals surface area contributed by atoms with Crippen molar-refractivity contribution in [3.05, 3.63) is 21.9 Å². The molecular weight excluding hydrogens is 258 g/mol. The Balaban J connectivity index is 1.89. The first-order valence-electron chi connectivity index (χ1n) is 6.54. The van der Waals surface area contributed by atoms with Crippen molar-refractivity contribution >= 4 is 17.2 Å². The van der Waals surface area contributed by atoms with Crippen LogP contribution in [0.15, 0.2) is 11.4 Å². The Bertz CT molecular complexity index is 512. The van der Waals surface area contributed by atoms with Gasteiger partial charge in [0, 0.05) is 35.2 Å². The van der Waals surface area contributed by atoms with E-state index in [0.717, 1.165) is 16.9 Å². The van der Waals surface area contributed by atoms with Crippen molar-refractivity contribution in [3.8, 4) is 11.8 Å². The van der Waals surface area contributed by atoms with E-state index in [-0.39, 0.29) is 18.4 Å². The molecule has 2 atom stereocenters. The molecule has 1 saturated carbocycles. The second-order valence-corrected chi connectivity index (χ2v) is 6.09. The van der Waals surface area contributed by atoms with E-state index in [1.54, 1.807) is 11.3 Å². The summed E-state index contributed by atoms with van der Waals surface area (Å²) in [5, 5.41) is 10.7. The molecule has 1 amide bonds. The molecule has 1 heterocycles. The second-order valence-electron chi connectivity index (χ2n) is 5.09. The molecule has 1 N–H and O–H groups in total. The third-order valence-electron chi connectivity index (χ3n) is 3.32. The monoisotopic (exact) mass is 277 g/mol. The van der Waals surface area contributed by atoms with E-state index in [0.29, 0.717) is 18.9 Å². The zero-order chi connectivity index (χ0) is 13.8. The average molecular weight is 277 g/mol. The van der Waals surface area contributed by atoms with Gasteiger partial charge in [-0.3, -0.25) is 4.79 Å². The molecule has 0 saturated heterocycles. The van der Waals surface area contributed by atoms with Gasteiger partial charge in [-0.2, -0.15) is 0 Å². The molecule has 2 unspecified atom stereocenters. The lowest BCUT2D eigenvalue weighted by Gasteiger charge is -2.15. The number of aliphatic hydroxyl groups excluding tert-OH is 1. The number of nitrogens with zero attached hydrogens (tertiary/aromatic N) is 1. The number of hydrogen-bond acceptors (Lipinski definition) is 3. The van der Waals surface area contributed by atoms with E-state index in [2.05, 4.69) is 18.8 Å². The number of hydrogen-bond donors (Lipinski definition) is 1. The molecule has 2 rings (SSSR count). The van der Waals surface area contributed by atoms with E-state index >= 15 is 0 Å². The lowest BCUT2D eigenvalue weighted by Crippen LogP contribution is -2.27. The van der Waals surface area contributed by atoms with Gasteiger partial charge in [-0.05, 0) is 18.4 Å². The van der Waals surface area contributed by atoms with Gasteiger partial charge < -0.3 is 10.0 Å². The minimum atomic E-state index is 0.0980. The molecule has 1 aliphatic rings. The van der Waals surface area contributed by atoms with Gasteiger partial charge in [0.05, 0.1) is 13.2 Å². The summed E-state index contributed by atoms with van der Waals surface area (Å²) in [6.07, 6.45) is 1.54. The van der Waals surface area contributed by atoms with Crippen LogP contribution in [0, 0.1) is 23.7 Å². The summed E-state index contributed by atoms with van der Waals surface area (Å²) in [6.45, 7) is 2.88. The Morgan fingerprint density at radius 2 is 2.37 bits per heavy atom. The highest BCUT2D eigenvalue weighted by Gasteiger charge is 2.40. The van der Waals surface area contributed by atoms with E-state index in [1.165, 1.54) is 0 Å². The summed E-state index contributed by atoms with van der Waals surface area (Å²) in [6, 6.07) is 2.02. The van der Waals surface area contributed by atoms with Crippen molar-refractivity contribution in [2.24, 2.45) is 11.8 Å². The van der Waals surface area contributed by atoms with Crippen molar-refractivity contribution in [1.29, 1.82) is 0 Å². The molecule has 1 fully saturated rings. The topological polar surface area (TPSA) is 40.5 Å². The summed E-state index contributed by atoms with van der Waals surface area (Å²) >= 11 is 1.63. The molecule has 4 heteroatoms. The Kier molecular flexibility index (Phi) is 4.62. The Morgan fingerprint density at radius 1 is 1.63 bits per heavy atom. The number of carbonyl (C=O) groups is 1. The van der Waals surface area contributed by atoms with Crippen molar-refractivity contribution in [3.63, 3.8) is 0 Å². The standard InChI is InChI=1S/C15H19NO2S/c1-11-7-14(11)15(18)16(2)9-13-8-12(10-19-13)5-3-4-6-17/h8,10-11,14,17H,4,6-7,9H2,1-2H3. The van der Waals surface area contributed by atoms with E-state index in [9.17, 15) is 4.79 Å². The van der Waals surface area contributed by atoms with Gasteiger partial charge >= 0.3 is 0 Å². The molecule has 0 radical (unpaired) electrons. The minimum absolute atomic E-state index is 0.0980. The number of rotatable bonds is 4. The van der Waals surface area contributed by atoms with Crippen LogP contribution in [0.4, 0.5) is 0 Å². The minimum Gasteiger partial charge on any atom is -0.395 e. The molecule has 19 heavy (non-hydrogen) atoms. The predicted octanol–water partition coefficient (Wildman–Crippen LogP) is 2.10. The van der Waals surface area contributed by atoms with Crippen molar-refractivity contribution < 1.29 is 9.90 Å². The van der Waals surface area contributed by atoms with Crippen molar-refractivity contribution in [2.75, 3.05) is 13.7 Å². The summed E-state index contributed by atoms with van der Waals surface area (Å²) < 4.78 is 0. The van der Waals surface area contributed by atoms with Crippen LogP contribution in [-0.4, -0.2) is 29.6 Å². The fraction of sp³-hybridized carbons (Fsp3) is 0.533. The van der Waals surface area contributed by atoms with Crippen molar-refractivity contribution in [2.45, 2.75) is 26.3 Å². The normalized spacial score (nSPS) is 20.6. The number of thiophene rings is 1. The molecule has 1 aliphatic carbocycles. The lowest BCUT2D eigenvalue weighted by atomic mass is 10.2. The van der Waals surface area contributed by atoms with Gasteiger partial charge in [0.15, 0.2) is 0 Å². The first-order chi connectivity index (χ1) is 9.11. The number of carbonyl (C=O) groups excluding carboxylic acids is 1. The first kappa shape index (κ1) is 14.1. The Morgan fingerprint density at radius 3 is 3.00 bits per heavy atom. The van der Waals surface area contributed by atoms with Gasteiger partial charge in [0.25, 0.3) is 0 Å². The van der Waals surface area contributed by atoms with Crippen LogP contribution >= 0.6 is 11.3 Å². The molecule has 0 spiro atoms. The van der Waals surface area contributed by atoms with Gasteiger partial charge in [-0.15, -0.1) is 11.3 Å². The summed E-state index contributed by atoms with van der Waals surface area (Å²) in [7, 11) is 1.87. The smallest absolute Gasteiger partial charge is 0.226 e. The lowest BCUT2D eigenvalue weighted by molar-refractivity contribution is -0.132. The van der Waals surface area contributed by atoms with Crippen LogP contribution in [0.3, 0.4) is 0 Å². The number of amides is 1. The zero-order valence-electron chi connectivity index (χ0n) is 11.3. The predicted molar refractivity (Wildman–Crippen MR) is 76.6 cm³/mol. The number of aliphatic hydroxyl groups is 1. The highest BCUT2D eigenvalue weighted by Crippen LogP contribution is 2.39. The molecule has 0 bridgehead atoms. The highest BCUT2D eigenvalue weighted by molar-refractivity contribution is 7.10. The maximum Gasteiger partial charge on any atom is 0.226 e. The first-order valence-corrected chi connectivity index (χ1v) is 7.42. The fourth-order valence-electron chi connectivity index (χ4n) is 2.01. The van der Waals surface area contributed by atoms with Crippen LogP contribution in [0.25, 0.3) is 0 Å². The van der Waals surface area contributed by atoms with Crippen LogP contribution in [0.5, 0.6) is 0 Å². The SMILES string of the molecule is CC1CC1C(=O)N(C)Cc1cc(C#CCCO)cs1. The van der Waals surface area contributed by atoms with Crippen LogP contribution in [0.1, 0.15) is 30.2 Å². The van der Waals surface area contributed by atoms with E-state index < -0.39 is 0 Å². The summed E-state index contributed by atoms with van der Waals surface area (Å²) in [5.41, 5.74) is 0.967. The third-order valence-corrected chi connectivity index (χ3v) is 4.24. The summed E-state index contributed by atoms with van der Waals surface area (Å²) in [5.74, 6) is 6.96. The zero-order valence-corrected chi connectivity index (χ0v) is 12.2. The van der Waals surface area contributed by atoms with Gasteiger partial charge in [-0.1, -0.05) is 18.8 Å². The van der Waals surface area contributed by atoms with E-state index in [4.69, 9.17) is 5.11 Å². The molecular formula is C15H19NO2S. The largest absolute Gasteiger partial charge is 0.395 e. The van der Waals surface area contributed by atoms with Crippen molar-refractivity contribution in [1.82, 2.24) is 4.90 Å². The quantitative estimate of drug-likeness (QED) is 0.856. The molecule has 3 nitrogen and oxygen atoms in total. The summed E-state index contributed by atoms with van der Waals surface area (Å²) in [4.78, 5) is 15.0. The maximum absolute atomic E-state index is 12.0. The molecule has 102 valence electrons. The molecule has 1 aromatic rings. The average Bonchev–Trinajstić information content (AvgIpc) is 2.94. The fourth-order valence-corrected chi connectivity index (χ4v) is 2.88. The second kappa shape index (κ2) is 6.23. The molecule has 0 aliphatic heterocycles. The van der Waals surface area contributed by atoms with Crippen LogP contribution in [-0.2, 0) is 11.3 Å². The van der Waals surface area contributed by atoms with Crippen LogP contribution in [0.2, 0.25) is 0 Å². The van der Waals surface area contributed by atoms with Gasteiger partial charge in [0.2, 0.25) is 5.91 Å². The van der Waals surface area contributed by atoms with Gasteiger partial charge in [-0.25, -0.2) is 0 Å². The molecule has 1 aromatic heterocycles. The molecule has 0 aromatic carbocycles. The Labute approximate surface area is 118 Å². The Hall–Kier alpha value is -1.31. The van der Waals surface area contributed by atoms with E-state index in [1.807, 2.05) is 23.4 Å².